The van der Waals surface area contributed by atoms with Crippen molar-refractivity contribution in [1.29, 1.82) is 0 Å². The number of hydrogen-bond acceptors (Lipinski definition) is 3. The number of hydrogen-bond donors (Lipinski definition) is 1. The van der Waals surface area contributed by atoms with Crippen LogP contribution in [-0.4, -0.2) is 24.3 Å². The smallest absolute Gasteiger partial charge is 0.334 e. The molecule has 12 heavy (non-hydrogen) atoms. The first-order valence-electron chi connectivity index (χ1n) is 4.48. The summed E-state index contributed by atoms with van der Waals surface area (Å²) in [4.78, 5) is 10.7. The minimum atomic E-state index is -0.924. The van der Waals surface area contributed by atoms with E-state index in [1.807, 2.05) is 0 Å². The summed E-state index contributed by atoms with van der Waals surface area (Å²) in [6.45, 7) is 2.12. The molecule has 0 spiro atoms. The van der Waals surface area contributed by atoms with Crippen LogP contribution in [0.4, 0.5) is 0 Å². The molecule has 1 atom stereocenters. The maximum atomic E-state index is 10.7. The zero-order valence-electron chi connectivity index (χ0n) is 7.88. The Labute approximate surface area is 73.7 Å². The minimum absolute atomic E-state index is 0.521. The third-order valence-electron chi connectivity index (χ3n) is 1.80. The van der Waals surface area contributed by atoms with Gasteiger partial charge < -0.3 is 9.84 Å². The first-order valence-corrected chi connectivity index (χ1v) is 4.48. The van der Waals surface area contributed by atoms with E-state index in [-0.39, 0.29) is 0 Å². The standard InChI is InChI=1S/C9H18O3/c1-3-4-5-6-7-8(10)9(11)12-2/h8,10H,3-7H2,1-2H3. The van der Waals surface area contributed by atoms with Gasteiger partial charge in [0.15, 0.2) is 6.10 Å². The van der Waals surface area contributed by atoms with Crippen LogP contribution in [0.25, 0.3) is 0 Å². The molecule has 0 aromatic rings. The second-order valence-electron chi connectivity index (χ2n) is 2.89. The Bertz CT molecular complexity index is 123. The summed E-state index contributed by atoms with van der Waals surface area (Å²) < 4.78 is 4.38. The Kier molecular flexibility index (Phi) is 6.76. The van der Waals surface area contributed by atoms with E-state index in [1.165, 1.54) is 7.11 Å². The van der Waals surface area contributed by atoms with Crippen LogP contribution in [-0.2, 0) is 9.53 Å². The molecule has 0 aliphatic rings. The molecule has 0 fully saturated rings. The average Bonchev–Trinajstić information content (AvgIpc) is 2.10. The fourth-order valence-corrected chi connectivity index (χ4v) is 1.02. The average molecular weight is 174 g/mol. The van der Waals surface area contributed by atoms with Gasteiger partial charge >= 0.3 is 5.97 Å². The highest BCUT2D eigenvalue weighted by Crippen LogP contribution is 2.06. The maximum absolute atomic E-state index is 10.7. The lowest BCUT2D eigenvalue weighted by Gasteiger charge is -2.06. The van der Waals surface area contributed by atoms with Crippen molar-refractivity contribution in [1.82, 2.24) is 0 Å². The molecule has 0 heterocycles. The number of aliphatic hydroxyl groups is 1. The van der Waals surface area contributed by atoms with E-state index in [9.17, 15) is 4.79 Å². The monoisotopic (exact) mass is 174 g/mol. The molecule has 0 bridgehead atoms. The molecule has 0 aliphatic heterocycles. The number of ether oxygens (including phenoxy) is 1. The third-order valence-corrected chi connectivity index (χ3v) is 1.80. The van der Waals surface area contributed by atoms with Gasteiger partial charge in [-0.3, -0.25) is 0 Å². The number of carbonyl (C=O) groups excluding carboxylic acids is 1. The van der Waals surface area contributed by atoms with Gasteiger partial charge in [0.2, 0.25) is 0 Å². The lowest BCUT2D eigenvalue weighted by molar-refractivity contribution is -0.150. The van der Waals surface area contributed by atoms with Gasteiger partial charge in [0, 0.05) is 0 Å². The van der Waals surface area contributed by atoms with Gasteiger partial charge in [0.25, 0.3) is 0 Å². The second-order valence-corrected chi connectivity index (χ2v) is 2.89. The first-order chi connectivity index (χ1) is 5.72. The molecule has 0 rings (SSSR count). The van der Waals surface area contributed by atoms with E-state index < -0.39 is 12.1 Å². The first kappa shape index (κ1) is 11.4. The van der Waals surface area contributed by atoms with E-state index in [0.717, 1.165) is 25.7 Å². The van der Waals surface area contributed by atoms with E-state index in [2.05, 4.69) is 11.7 Å². The molecule has 0 aromatic carbocycles. The van der Waals surface area contributed by atoms with Gasteiger partial charge in [0.05, 0.1) is 7.11 Å². The number of esters is 1. The highest BCUT2D eigenvalue weighted by Gasteiger charge is 2.13. The van der Waals surface area contributed by atoms with E-state index in [1.54, 1.807) is 0 Å². The van der Waals surface area contributed by atoms with Gasteiger partial charge in [-0.1, -0.05) is 32.6 Å². The maximum Gasteiger partial charge on any atom is 0.334 e. The number of unbranched alkanes of at least 4 members (excludes halogenated alkanes) is 3. The van der Waals surface area contributed by atoms with Crippen molar-refractivity contribution in [3.63, 3.8) is 0 Å². The predicted molar refractivity (Wildman–Crippen MR) is 46.8 cm³/mol. The van der Waals surface area contributed by atoms with E-state index >= 15 is 0 Å². The van der Waals surface area contributed by atoms with Crippen molar-refractivity contribution in [2.45, 2.75) is 45.1 Å². The van der Waals surface area contributed by atoms with Gasteiger partial charge in [-0.15, -0.1) is 0 Å². The van der Waals surface area contributed by atoms with Gasteiger partial charge in [0.1, 0.15) is 0 Å². The molecule has 1 unspecified atom stereocenters. The Morgan fingerprint density at radius 3 is 2.58 bits per heavy atom. The molecule has 0 aliphatic carbocycles. The molecular formula is C9H18O3. The lowest BCUT2D eigenvalue weighted by atomic mass is 10.1. The fourth-order valence-electron chi connectivity index (χ4n) is 1.02. The highest BCUT2D eigenvalue weighted by atomic mass is 16.5. The Hall–Kier alpha value is -0.570. The molecule has 3 heteroatoms. The predicted octanol–water partition coefficient (Wildman–Crippen LogP) is 1.49. The van der Waals surface area contributed by atoms with Crippen molar-refractivity contribution >= 4 is 5.97 Å². The number of aliphatic hydroxyl groups excluding tert-OH is 1. The van der Waals surface area contributed by atoms with Crippen molar-refractivity contribution < 1.29 is 14.6 Å². The van der Waals surface area contributed by atoms with Crippen molar-refractivity contribution in [2.24, 2.45) is 0 Å². The van der Waals surface area contributed by atoms with Crippen LogP contribution < -0.4 is 0 Å². The summed E-state index contributed by atoms with van der Waals surface area (Å²) in [5.74, 6) is -0.522. The normalized spacial score (nSPS) is 12.6. The molecule has 1 N–H and O–H groups in total. The summed E-state index contributed by atoms with van der Waals surface area (Å²) in [6.07, 6.45) is 3.88. The number of rotatable bonds is 6. The SMILES string of the molecule is CCCCCCC(O)C(=O)OC. The van der Waals surface area contributed by atoms with E-state index in [0.29, 0.717) is 6.42 Å². The van der Waals surface area contributed by atoms with Crippen LogP contribution in [0.2, 0.25) is 0 Å². The molecule has 0 saturated carbocycles. The van der Waals surface area contributed by atoms with Crippen molar-refractivity contribution in [3.8, 4) is 0 Å². The van der Waals surface area contributed by atoms with E-state index in [4.69, 9.17) is 5.11 Å². The van der Waals surface area contributed by atoms with Gasteiger partial charge in [-0.2, -0.15) is 0 Å². The second kappa shape index (κ2) is 7.10. The number of methoxy groups -OCH3 is 1. The van der Waals surface area contributed by atoms with Crippen LogP contribution in [0.3, 0.4) is 0 Å². The lowest BCUT2D eigenvalue weighted by Crippen LogP contribution is -2.21. The zero-order chi connectivity index (χ0) is 9.40. The Morgan fingerprint density at radius 2 is 2.08 bits per heavy atom. The summed E-state index contributed by atoms with van der Waals surface area (Å²) in [5, 5.41) is 9.14. The molecule has 0 aromatic heterocycles. The van der Waals surface area contributed by atoms with Crippen LogP contribution >= 0.6 is 0 Å². The zero-order valence-corrected chi connectivity index (χ0v) is 7.88. The molecular weight excluding hydrogens is 156 g/mol. The van der Waals surface area contributed by atoms with Crippen LogP contribution in [0.5, 0.6) is 0 Å². The largest absolute Gasteiger partial charge is 0.467 e. The molecule has 3 nitrogen and oxygen atoms in total. The van der Waals surface area contributed by atoms with Crippen LogP contribution in [0.15, 0.2) is 0 Å². The highest BCUT2D eigenvalue weighted by molar-refractivity contribution is 5.74. The molecule has 72 valence electrons. The molecule has 0 saturated heterocycles. The van der Waals surface area contributed by atoms with Crippen molar-refractivity contribution in [2.75, 3.05) is 7.11 Å². The quantitative estimate of drug-likeness (QED) is 0.490. The molecule has 0 amide bonds. The minimum Gasteiger partial charge on any atom is -0.467 e. The Balaban J connectivity index is 3.31. The Morgan fingerprint density at radius 1 is 1.42 bits per heavy atom. The van der Waals surface area contributed by atoms with Crippen molar-refractivity contribution in [3.05, 3.63) is 0 Å². The summed E-state index contributed by atoms with van der Waals surface area (Å²) in [7, 11) is 1.29. The number of carbonyl (C=O) groups is 1. The third kappa shape index (κ3) is 5.13. The van der Waals surface area contributed by atoms with Gasteiger partial charge in [-0.25, -0.2) is 4.79 Å². The summed E-state index contributed by atoms with van der Waals surface area (Å²) in [5.41, 5.74) is 0. The van der Waals surface area contributed by atoms with Crippen LogP contribution in [0, 0.1) is 0 Å². The summed E-state index contributed by atoms with van der Waals surface area (Å²) in [6, 6.07) is 0. The molecule has 0 radical (unpaired) electrons. The topological polar surface area (TPSA) is 46.5 Å². The summed E-state index contributed by atoms with van der Waals surface area (Å²) >= 11 is 0. The fraction of sp³-hybridized carbons (Fsp3) is 0.889. The van der Waals surface area contributed by atoms with Gasteiger partial charge in [-0.05, 0) is 6.42 Å². The van der Waals surface area contributed by atoms with Crippen LogP contribution in [0.1, 0.15) is 39.0 Å².